The van der Waals surface area contributed by atoms with E-state index in [1.165, 1.54) is 6.92 Å². The number of nitrogens with one attached hydrogen (secondary N) is 1. The van der Waals surface area contributed by atoms with Crippen LogP contribution in [0.3, 0.4) is 0 Å². The number of ether oxygens (including phenoxy) is 6. The molecular formula is C24H35NO11. The molecule has 5 N–H and O–H groups in total. The van der Waals surface area contributed by atoms with Crippen LogP contribution in [0.25, 0.3) is 0 Å². The highest BCUT2D eigenvalue weighted by Gasteiger charge is 2.55. The van der Waals surface area contributed by atoms with Crippen LogP contribution in [0.4, 0.5) is 0 Å². The van der Waals surface area contributed by atoms with E-state index in [2.05, 4.69) is 5.32 Å². The molecule has 0 bridgehead atoms. The molecule has 1 aromatic rings. The lowest BCUT2D eigenvalue weighted by atomic mass is 9.94. The number of fused-ring (bicyclic) bond motifs is 1. The zero-order valence-electron chi connectivity index (χ0n) is 20.4. The van der Waals surface area contributed by atoms with Crippen LogP contribution in [0.2, 0.25) is 0 Å². The highest BCUT2D eigenvalue weighted by atomic mass is 16.8. The molecule has 0 spiro atoms. The number of hydrogen-bond acceptors (Lipinski definition) is 11. The predicted molar refractivity (Wildman–Crippen MR) is 121 cm³/mol. The number of hydrogen-bond donors (Lipinski definition) is 5. The minimum atomic E-state index is -1.64. The highest BCUT2D eigenvalue weighted by molar-refractivity contribution is 5.73. The number of amides is 1. The predicted octanol–water partition coefficient (Wildman–Crippen LogP) is -1.23. The standard InChI is InChI=1S/C24H35NO11/c1-12(27)25-16-21(35-23-19(30)18(29)17(28)14(9-26)33-23)20-15(11-32-24(2,3)36-20)34-22(16)31-10-13-7-5-4-6-8-13/h4-8,14-23,26,28-30H,9-11H2,1-3H3,(H,25,27)/t14?,15?,16?,17-,18-,19?,20+,21+,22+,23-/m0/s1. The molecule has 3 aliphatic heterocycles. The van der Waals surface area contributed by atoms with Crippen LogP contribution < -0.4 is 5.32 Å². The summed E-state index contributed by atoms with van der Waals surface area (Å²) >= 11 is 0. The van der Waals surface area contributed by atoms with Crippen molar-refractivity contribution in [2.24, 2.45) is 0 Å². The molecule has 3 fully saturated rings. The van der Waals surface area contributed by atoms with Gasteiger partial charge in [-0.1, -0.05) is 30.3 Å². The largest absolute Gasteiger partial charge is 0.394 e. The summed E-state index contributed by atoms with van der Waals surface area (Å²) in [5.41, 5.74) is 0.883. The second-order valence-electron chi connectivity index (χ2n) is 9.66. The molecule has 0 radical (unpaired) electrons. The summed E-state index contributed by atoms with van der Waals surface area (Å²) in [6.07, 6.45) is -10.8. The number of carbonyl (C=O) groups is 1. The number of aliphatic hydroxyl groups excluding tert-OH is 4. The molecule has 10 atom stereocenters. The molecule has 1 amide bonds. The van der Waals surface area contributed by atoms with E-state index >= 15 is 0 Å². The van der Waals surface area contributed by atoms with Crippen LogP contribution >= 0.6 is 0 Å². The minimum absolute atomic E-state index is 0.143. The van der Waals surface area contributed by atoms with Crippen LogP contribution in [-0.2, 0) is 39.8 Å². The highest BCUT2D eigenvalue weighted by Crippen LogP contribution is 2.36. The second-order valence-corrected chi connectivity index (χ2v) is 9.66. The van der Waals surface area contributed by atoms with Gasteiger partial charge in [-0.05, 0) is 19.4 Å². The molecule has 3 aliphatic rings. The Balaban J connectivity index is 1.62. The van der Waals surface area contributed by atoms with Crippen molar-refractivity contribution in [1.29, 1.82) is 0 Å². The van der Waals surface area contributed by atoms with Gasteiger partial charge in [-0.25, -0.2) is 0 Å². The van der Waals surface area contributed by atoms with Gasteiger partial charge in [0.2, 0.25) is 5.91 Å². The van der Waals surface area contributed by atoms with E-state index in [1.807, 2.05) is 30.3 Å². The van der Waals surface area contributed by atoms with Crippen molar-refractivity contribution in [3.63, 3.8) is 0 Å². The maximum Gasteiger partial charge on any atom is 0.217 e. The molecule has 12 nitrogen and oxygen atoms in total. The summed E-state index contributed by atoms with van der Waals surface area (Å²) < 4.78 is 35.8. The third kappa shape index (κ3) is 6.05. The van der Waals surface area contributed by atoms with Crippen LogP contribution in [0.5, 0.6) is 0 Å². The molecule has 36 heavy (non-hydrogen) atoms. The Morgan fingerprint density at radius 1 is 1.08 bits per heavy atom. The molecular weight excluding hydrogens is 478 g/mol. The van der Waals surface area contributed by atoms with Gasteiger partial charge in [0, 0.05) is 6.92 Å². The average Bonchev–Trinajstić information content (AvgIpc) is 2.84. The fourth-order valence-electron chi connectivity index (χ4n) is 4.60. The van der Waals surface area contributed by atoms with Gasteiger partial charge in [0.15, 0.2) is 18.4 Å². The summed E-state index contributed by atoms with van der Waals surface area (Å²) in [4.78, 5) is 12.2. The Morgan fingerprint density at radius 3 is 2.47 bits per heavy atom. The van der Waals surface area contributed by atoms with Crippen LogP contribution in [0, 0.1) is 0 Å². The maximum atomic E-state index is 12.2. The molecule has 3 heterocycles. The second kappa shape index (κ2) is 11.4. The van der Waals surface area contributed by atoms with Crippen molar-refractivity contribution in [2.45, 2.75) is 94.5 Å². The lowest BCUT2D eigenvalue weighted by molar-refractivity contribution is -0.394. The van der Waals surface area contributed by atoms with Gasteiger partial charge in [0.25, 0.3) is 0 Å². The fraction of sp³-hybridized carbons (Fsp3) is 0.708. The summed E-state index contributed by atoms with van der Waals surface area (Å²) in [5, 5.41) is 43.3. The van der Waals surface area contributed by atoms with E-state index in [1.54, 1.807) is 13.8 Å². The molecule has 0 aromatic heterocycles. The van der Waals surface area contributed by atoms with Gasteiger partial charge in [0.05, 0.1) is 19.8 Å². The number of aliphatic hydroxyl groups is 4. The van der Waals surface area contributed by atoms with E-state index in [-0.39, 0.29) is 19.1 Å². The number of rotatable bonds is 7. The maximum absolute atomic E-state index is 12.2. The van der Waals surface area contributed by atoms with E-state index in [9.17, 15) is 25.2 Å². The number of benzene rings is 1. The van der Waals surface area contributed by atoms with Crippen molar-refractivity contribution in [2.75, 3.05) is 13.2 Å². The van der Waals surface area contributed by atoms with Gasteiger partial charge in [-0.15, -0.1) is 0 Å². The van der Waals surface area contributed by atoms with Crippen LogP contribution in [0.15, 0.2) is 30.3 Å². The van der Waals surface area contributed by atoms with Gasteiger partial charge in [0.1, 0.15) is 48.8 Å². The Kier molecular flexibility index (Phi) is 8.62. The first-order valence-electron chi connectivity index (χ1n) is 12.0. The fourth-order valence-corrected chi connectivity index (χ4v) is 4.60. The Morgan fingerprint density at radius 2 is 1.81 bits per heavy atom. The molecule has 4 unspecified atom stereocenters. The summed E-state index contributed by atoms with van der Waals surface area (Å²) in [7, 11) is 0. The van der Waals surface area contributed by atoms with Gasteiger partial charge < -0.3 is 54.2 Å². The van der Waals surface area contributed by atoms with E-state index < -0.39 is 73.7 Å². The monoisotopic (exact) mass is 513 g/mol. The van der Waals surface area contributed by atoms with Crippen molar-refractivity contribution in [3.05, 3.63) is 35.9 Å². The Labute approximate surface area is 209 Å². The molecule has 0 saturated carbocycles. The third-order valence-corrected chi connectivity index (χ3v) is 6.43. The topological polar surface area (TPSA) is 165 Å². The van der Waals surface area contributed by atoms with E-state index in [4.69, 9.17) is 28.4 Å². The lowest BCUT2D eigenvalue weighted by Crippen LogP contribution is -2.70. The molecule has 4 rings (SSSR count). The van der Waals surface area contributed by atoms with Gasteiger partial charge >= 0.3 is 0 Å². The smallest absolute Gasteiger partial charge is 0.217 e. The van der Waals surface area contributed by atoms with E-state index in [0.717, 1.165) is 5.56 Å². The van der Waals surface area contributed by atoms with Gasteiger partial charge in [-0.3, -0.25) is 4.79 Å². The van der Waals surface area contributed by atoms with Crippen molar-refractivity contribution in [1.82, 2.24) is 5.32 Å². The first-order chi connectivity index (χ1) is 17.1. The minimum Gasteiger partial charge on any atom is -0.394 e. The summed E-state index contributed by atoms with van der Waals surface area (Å²) in [6, 6.07) is 8.49. The molecule has 202 valence electrons. The Hall–Kier alpha value is -1.71. The zero-order chi connectivity index (χ0) is 26.0. The third-order valence-electron chi connectivity index (χ3n) is 6.43. The molecule has 3 saturated heterocycles. The molecule has 0 aliphatic carbocycles. The zero-order valence-corrected chi connectivity index (χ0v) is 20.4. The first kappa shape index (κ1) is 27.3. The van der Waals surface area contributed by atoms with Crippen molar-refractivity contribution >= 4 is 5.91 Å². The summed E-state index contributed by atoms with van der Waals surface area (Å²) in [6.45, 7) is 4.49. The molecule has 12 heteroatoms. The first-order valence-corrected chi connectivity index (χ1v) is 12.0. The Bertz CT molecular complexity index is 869. The summed E-state index contributed by atoms with van der Waals surface area (Å²) in [5.74, 6) is -1.39. The average molecular weight is 514 g/mol. The quantitative estimate of drug-likeness (QED) is 0.296. The van der Waals surface area contributed by atoms with Crippen molar-refractivity contribution in [3.8, 4) is 0 Å². The lowest BCUT2D eigenvalue weighted by Gasteiger charge is -2.52. The van der Waals surface area contributed by atoms with E-state index in [0.29, 0.717) is 0 Å². The van der Waals surface area contributed by atoms with Crippen molar-refractivity contribution < 1.29 is 53.6 Å². The number of carbonyl (C=O) groups excluding carboxylic acids is 1. The van der Waals surface area contributed by atoms with Crippen LogP contribution in [0.1, 0.15) is 26.3 Å². The SMILES string of the molecule is CC(=O)NC1[C@H](OCc2ccccc2)OC2COC(C)(C)O[C@H]2[C@@H]1O[C@@H]1OC(CO)[C@H](O)[C@H](O)C1O. The normalized spacial score (nSPS) is 40.3. The molecule has 1 aromatic carbocycles. The van der Waals surface area contributed by atoms with Gasteiger partial charge in [-0.2, -0.15) is 0 Å². The van der Waals surface area contributed by atoms with Crippen LogP contribution in [-0.4, -0.2) is 107 Å².